The normalized spacial score (nSPS) is 13.5. The second kappa shape index (κ2) is 10.7. The molecule has 0 aliphatic carbocycles. The Balaban J connectivity index is 1.59. The summed E-state index contributed by atoms with van der Waals surface area (Å²) in [6.45, 7) is 4.42. The lowest BCUT2D eigenvalue weighted by molar-refractivity contribution is -0.139. The van der Waals surface area contributed by atoms with Gasteiger partial charge in [0.25, 0.3) is 5.91 Å². The van der Waals surface area contributed by atoms with Gasteiger partial charge in [-0.15, -0.1) is 5.53 Å². The van der Waals surface area contributed by atoms with Crippen molar-refractivity contribution in [2.75, 3.05) is 42.8 Å². The van der Waals surface area contributed by atoms with Gasteiger partial charge in [0.2, 0.25) is 0 Å². The first-order valence-corrected chi connectivity index (χ1v) is 11.7. The Morgan fingerprint density at radius 3 is 2.58 bits per heavy atom. The van der Waals surface area contributed by atoms with Gasteiger partial charge in [0, 0.05) is 41.8 Å². The first kappa shape index (κ1) is 26.9. The minimum Gasteiger partial charge on any atom is -0.381 e. The zero-order chi connectivity index (χ0) is 27.6. The molecule has 0 atom stereocenters. The molecule has 1 amide bonds. The Labute approximate surface area is 216 Å². The van der Waals surface area contributed by atoms with Crippen LogP contribution in [0.5, 0.6) is 0 Å². The number of carbonyl (C=O) groups is 1. The van der Waals surface area contributed by atoms with Gasteiger partial charge in [-0.05, 0) is 57.8 Å². The number of rotatable bonds is 8. The summed E-state index contributed by atoms with van der Waals surface area (Å²) in [5.41, 5.74) is 8.21. The fourth-order valence-corrected chi connectivity index (χ4v) is 3.86. The minimum atomic E-state index is -4.94. The van der Waals surface area contributed by atoms with E-state index in [9.17, 15) is 22.4 Å². The molecule has 0 spiro atoms. The first-order valence-electron chi connectivity index (χ1n) is 11.7. The molecule has 1 aromatic heterocycles. The van der Waals surface area contributed by atoms with Crippen LogP contribution >= 0.6 is 0 Å². The van der Waals surface area contributed by atoms with E-state index in [1.54, 1.807) is 54.6 Å². The lowest BCUT2D eigenvalue weighted by Gasteiger charge is -2.19. The highest BCUT2D eigenvalue weighted by molar-refractivity contribution is 6.05. The van der Waals surface area contributed by atoms with Gasteiger partial charge in [-0.2, -0.15) is 18.3 Å². The maximum atomic E-state index is 14.6. The second-order valence-electron chi connectivity index (χ2n) is 9.13. The van der Waals surface area contributed by atoms with Gasteiger partial charge >= 0.3 is 6.18 Å². The molecule has 13 heteroatoms. The summed E-state index contributed by atoms with van der Waals surface area (Å²) in [5, 5.41) is 13.7. The molecule has 9 nitrogen and oxygen atoms in total. The third kappa shape index (κ3) is 5.89. The number of benzene rings is 2. The van der Waals surface area contributed by atoms with Crippen molar-refractivity contribution in [1.29, 1.82) is 0 Å². The van der Waals surface area contributed by atoms with E-state index in [1.165, 1.54) is 0 Å². The fraction of sp³-hybridized carbons (Fsp3) is 0.280. The van der Waals surface area contributed by atoms with E-state index in [0.717, 1.165) is 28.6 Å². The summed E-state index contributed by atoms with van der Waals surface area (Å²) < 4.78 is 55.2. The molecule has 0 saturated heterocycles. The van der Waals surface area contributed by atoms with Crippen LogP contribution in [0.1, 0.15) is 32.7 Å². The third-order valence-electron chi connectivity index (χ3n) is 5.93. The van der Waals surface area contributed by atoms with Gasteiger partial charge in [0.05, 0.1) is 28.8 Å². The molecular weight excluding hydrogens is 504 g/mol. The van der Waals surface area contributed by atoms with Crippen LogP contribution in [-0.2, 0) is 6.18 Å². The number of alkyl halides is 3. The zero-order valence-electron chi connectivity index (χ0n) is 21.2. The summed E-state index contributed by atoms with van der Waals surface area (Å²) in [6, 6.07) is 6.63. The standard InChI is InChI=1S/C25H28F4N8O/c1-14-5-6-16(9-22(14)37-13-21(34-35-37)18-12-31-33-15(18)2)24(38)32-17-10-19(25(27,28)29)23(26)20(11-17)30-7-8-36(3)4/h5-6,9-13,30,34-35H,7-8H2,1-4H3,(H,31,33)(H,32,38). The van der Waals surface area contributed by atoms with E-state index in [2.05, 4.69) is 31.8 Å². The molecule has 1 aliphatic rings. The van der Waals surface area contributed by atoms with Crippen molar-refractivity contribution in [2.24, 2.45) is 0 Å². The van der Waals surface area contributed by atoms with Crippen LogP contribution in [0.25, 0.3) is 5.70 Å². The highest BCUT2D eigenvalue weighted by Crippen LogP contribution is 2.37. The number of hydrogen-bond donors (Lipinski definition) is 5. The number of aromatic amines is 1. The Bertz CT molecular complexity index is 1370. The molecule has 0 radical (unpaired) electrons. The van der Waals surface area contributed by atoms with Gasteiger partial charge < -0.3 is 21.0 Å². The molecule has 4 rings (SSSR count). The third-order valence-corrected chi connectivity index (χ3v) is 5.93. The Morgan fingerprint density at radius 2 is 1.92 bits per heavy atom. The number of amides is 1. The number of aromatic nitrogens is 2. The van der Waals surface area contributed by atoms with Crippen LogP contribution in [0.4, 0.5) is 34.6 Å². The van der Waals surface area contributed by atoms with E-state index >= 15 is 0 Å². The number of nitrogens with zero attached hydrogens (tertiary/aromatic N) is 3. The van der Waals surface area contributed by atoms with Crippen molar-refractivity contribution in [3.05, 3.63) is 76.5 Å². The Hall–Kier alpha value is -4.10. The summed E-state index contributed by atoms with van der Waals surface area (Å²) >= 11 is 0. The lowest BCUT2D eigenvalue weighted by atomic mass is 10.1. The largest absolute Gasteiger partial charge is 0.419 e. The van der Waals surface area contributed by atoms with Crippen molar-refractivity contribution >= 4 is 28.7 Å². The summed E-state index contributed by atoms with van der Waals surface area (Å²) in [7, 11) is 3.57. The summed E-state index contributed by atoms with van der Waals surface area (Å²) in [6.07, 6.45) is -1.47. The number of anilines is 3. The molecule has 38 heavy (non-hydrogen) atoms. The summed E-state index contributed by atoms with van der Waals surface area (Å²) in [5.74, 6) is -2.07. The number of H-pyrrole nitrogens is 1. The number of hydrogen-bond acceptors (Lipinski definition) is 7. The molecule has 2 heterocycles. The lowest BCUT2D eigenvalue weighted by Crippen LogP contribution is -2.36. The SMILES string of the molecule is Cc1ccc(C(=O)Nc2cc(NCCN(C)C)c(F)c(C(F)(F)F)c2)cc1N1C=C(c2cn[nH]c2C)NN1. The van der Waals surface area contributed by atoms with E-state index in [-0.39, 0.29) is 23.5 Å². The number of hydrazine groups is 2. The predicted molar refractivity (Wildman–Crippen MR) is 138 cm³/mol. The van der Waals surface area contributed by atoms with Gasteiger partial charge in [-0.25, -0.2) is 4.39 Å². The van der Waals surface area contributed by atoms with Crippen LogP contribution in [0.3, 0.4) is 0 Å². The van der Waals surface area contributed by atoms with Gasteiger partial charge in [0.1, 0.15) is 0 Å². The van der Waals surface area contributed by atoms with E-state index in [1.807, 2.05) is 13.8 Å². The fourth-order valence-electron chi connectivity index (χ4n) is 3.86. The average molecular weight is 533 g/mol. The van der Waals surface area contributed by atoms with Gasteiger partial charge in [0.15, 0.2) is 5.82 Å². The molecule has 3 aromatic rings. The van der Waals surface area contributed by atoms with E-state index < -0.39 is 23.5 Å². The number of halogens is 4. The van der Waals surface area contributed by atoms with Crippen molar-refractivity contribution in [2.45, 2.75) is 20.0 Å². The summed E-state index contributed by atoms with van der Waals surface area (Å²) in [4.78, 5) is 14.9. The number of carbonyl (C=O) groups excluding carboxylic acids is 1. The van der Waals surface area contributed by atoms with Crippen molar-refractivity contribution in [3.63, 3.8) is 0 Å². The maximum absolute atomic E-state index is 14.6. The molecule has 2 aromatic carbocycles. The zero-order valence-corrected chi connectivity index (χ0v) is 21.2. The molecular formula is C25H28F4N8O. The molecule has 202 valence electrons. The van der Waals surface area contributed by atoms with Crippen LogP contribution in [-0.4, -0.2) is 48.2 Å². The van der Waals surface area contributed by atoms with E-state index in [0.29, 0.717) is 18.3 Å². The predicted octanol–water partition coefficient (Wildman–Crippen LogP) is 4.24. The number of aryl methyl sites for hydroxylation is 2. The monoisotopic (exact) mass is 532 g/mol. The Morgan fingerprint density at radius 1 is 1.16 bits per heavy atom. The van der Waals surface area contributed by atoms with E-state index in [4.69, 9.17) is 0 Å². The molecule has 5 N–H and O–H groups in total. The molecule has 0 fully saturated rings. The number of likely N-dealkylation sites (N-methyl/N-ethyl adjacent to an activating group) is 1. The topological polar surface area (TPSA) is 100 Å². The smallest absolute Gasteiger partial charge is 0.381 e. The Kier molecular flexibility index (Phi) is 7.60. The van der Waals surface area contributed by atoms with Crippen molar-refractivity contribution < 1.29 is 22.4 Å². The maximum Gasteiger partial charge on any atom is 0.419 e. The molecule has 0 unspecified atom stereocenters. The van der Waals surface area contributed by atoms with Crippen LogP contribution in [0.15, 0.2) is 42.7 Å². The highest BCUT2D eigenvalue weighted by atomic mass is 19.4. The quantitative estimate of drug-likeness (QED) is 0.277. The molecule has 0 saturated carbocycles. The van der Waals surface area contributed by atoms with Crippen LogP contribution < -0.4 is 26.6 Å². The average Bonchev–Trinajstić information content (AvgIpc) is 3.49. The molecule has 0 bridgehead atoms. The van der Waals surface area contributed by atoms with Gasteiger partial charge in [-0.1, -0.05) is 6.07 Å². The van der Waals surface area contributed by atoms with Crippen molar-refractivity contribution in [1.82, 2.24) is 26.1 Å². The van der Waals surface area contributed by atoms with Crippen LogP contribution in [0, 0.1) is 19.7 Å². The minimum absolute atomic E-state index is 0.184. The second-order valence-corrected chi connectivity index (χ2v) is 9.13. The first-order chi connectivity index (χ1) is 17.9. The molecule has 1 aliphatic heterocycles. The van der Waals surface area contributed by atoms with Gasteiger partial charge in [-0.3, -0.25) is 14.9 Å². The van der Waals surface area contributed by atoms with Crippen molar-refractivity contribution in [3.8, 4) is 0 Å². The highest BCUT2D eigenvalue weighted by Gasteiger charge is 2.36. The number of nitrogens with one attached hydrogen (secondary N) is 5. The van der Waals surface area contributed by atoms with Crippen LogP contribution in [0.2, 0.25) is 0 Å².